The first-order valence-electron chi connectivity index (χ1n) is 4.54. The molecule has 1 aromatic carbocycles. The van der Waals surface area contributed by atoms with Crippen molar-refractivity contribution in [2.24, 2.45) is 0 Å². The number of halogens is 4. The van der Waals surface area contributed by atoms with Crippen LogP contribution < -0.4 is 0 Å². The van der Waals surface area contributed by atoms with Crippen molar-refractivity contribution in [3.63, 3.8) is 0 Å². The van der Waals surface area contributed by atoms with Crippen LogP contribution in [0.25, 0.3) is 11.3 Å². The van der Waals surface area contributed by atoms with E-state index in [1.165, 1.54) is 0 Å². The quantitative estimate of drug-likeness (QED) is 0.660. The molecule has 0 fully saturated rings. The minimum Gasteiger partial charge on any atom is -0.477 e. The second kappa shape index (κ2) is 4.45. The van der Waals surface area contributed by atoms with Crippen LogP contribution in [0.2, 0.25) is 0 Å². The van der Waals surface area contributed by atoms with E-state index in [9.17, 15) is 18.0 Å². The van der Waals surface area contributed by atoms with Crippen LogP contribution in [0.4, 0.5) is 13.2 Å². The van der Waals surface area contributed by atoms with Crippen LogP contribution in [0.5, 0.6) is 0 Å². The van der Waals surface area contributed by atoms with E-state index in [2.05, 4.69) is 26.1 Å². The second-order valence-electron chi connectivity index (χ2n) is 3.32. The first kappa shape index (κ1) is 12.6. The number of benzene rings is 1. The monoisotopic (exact) mass is 320 g/mol. The molecule has 1 heterocycles. The number of carboxylic acids is 1. The number of rotatable bonds is 2. The third kappa shape index (κ3) is 1.99. The maximum atomic E-state index is 13.6. The van der Waals surface area contributed by atoms with E-state index in [0.29, 0.717) is 0 Å². The lowest BCUT2D eigenvalue weighted by Gasteiger charge is -2.03. The van der Waals surface area contributed by atoms with E-state index < -0.39 is 33.5 Å². The van der Waals surface area contributed by atoms with Crippen LogP contribution in [0.15, 0.2) is 16.6 Å². The van der Waals surface area contributed by atoms with Crippen LogP contribution in [-0.2, 0) is 0 Å². The van der Waals surface area contributed by atoms with Gasteiger partial charge in [-0.3, -0.25) is 5.10 Å². The van der Waals surface area contributed by atoms with Crippen molar-refractivity contribution in [2.45, 2.75) is 0 Å². The molecular weight excluding hydrogens is 317 g/mol. The molecule has 0 aliphatic carbocycles. The summed E-state index contributed by atoms with van der Waals surface area (Å²) in [6.45, 7) is 0. The van der Waals surface area contributed by atoms with Gasteiger partial charge in [0.25, 0.3) is 0 Å². The third-order valence-electron chi connectivity index (χ3n) is 2.19. The molecule has 0 unspecified atom stereocenters. The number of H-pyrrole nitrogens is 1. The van der Waals surface area contributed by atoms with Gasteiger partial charge >= 0.3 is 5.97 Å². The minimum atomic E-state index is -1.40. The summed E-state index contributed by atoms with van der Waals surface area (Å²) >= 11 is 2.55. The third-order valence-corrected chi connectivity index (χ3v) is 2.91. The van der Waals surface area contributed by atoms with Gasteiger partial charge in [0.15, 0.2) is 11.6 Å². The Morgan fingerprint density at radius 3 is 2.50 bits per heavy atom. The maximum absolute atomic E-state index is 13.6. The average Bonchev–Trinajstić information content (AvgIpc) is 2.80. The first-order chi connectivity index (χ1) is 8.41. The van der Waals surface area contributed by atoms with Gasteiger partial charge in [-0.25, -0.2) is 18.0 Å². The normalized spacial score (nSPS) is 10.7. The molecule has 0 radical (unpaired) electrons. The fourth-order valence-electron chi connectivity index (χ4n) is 1.33. The van der Waals surface area contributed by atoms with E-state index in [-0.39, 0.29) is 11.4 Å². The molecule has 0 bridgehead atoms. The molecule has 0 aliphatic heterocycles. The smallest absolute Gasteiger partial charge is 0.353 e. The Morgan fingerprint density at radius 2 is 1.94 bits per heavy atom. The van der Waals surface area contributed by atoms with Gasteiger partial charge in [-0.1, -0.05) is 0 Å². The summed E-state index contributed by atoms with van der Waals surface area (Å²) < 4.78 is 39.5. The van der Waals surface area contributed by atoms with E-state index in [0.717, 1.165) is 12.1 Å². The maximum Gasteiger partial charge on any atom is 0.353 e. The summed E-state index contributed by atoms with van der Waals surface area (Å²) in [6.07, 6.45) is 0. The number of hydrogen-bond acceptors (Lipinski definition) is 2. The lowest BCUT2D eigenvalue weighted by atomic mass is 10.1. The molecule has 0 saturated heterocycles. The van der Waals surface area contributed by atoms with Gasteiger partial charge in [0, 0.05) is 5.56 Å². The summed E-state index contributed by atoms with van der Waals surface area (Å²) in [5.41, 5.74) is -0.972. The van der Waals surface area contributed by atoms with E-state index >= 15 is 0 Å². The Hall–Kier alpha value is -1.83. The lowest BCUT2D eigenvalue weighted by Crippen LogP contribution is -1.95. The highest BCUT2D eigenvalue weighted by molar-refractivity contribution is 9.10. The molecule has 94 valence electrons. The standard InChI is InChI=1S/C10H4BrF3N2O2/c11-7-4(12)1-3(8(13)9(7)14)5-2-6(10(17)18)16-15-5/h1-2H,(H,15,16)(H,17,18). The summed E-state index contributed by atoms with van der Waals surface area (Å²) in [5, 5.41) is 14.2. The fourth-order valence-corrected chi connectivity index (χ4v) is 1.62. The van der Waals surface area contributed by atoms with Gasteiger partial charge in [0.2, 0.25) is 0 Å². The Labute approximate surface area is 107 Å². The Balaban J connectivity index is 2.60. The predicted octanol–water partition coefficient (Wildman–Crippen LogP) is 2.95. The van der Waals surface area contributed by atoms with Gasteiger partial charge in [0.1, 0.15) is 11.5 Å². The van der Waals surface area contributed by atoms with Crippen molar-refractivity contribution in [3.8, 4) is 11.3 Å². The molecule has 0 amide bonds. The zero-order chi connectivity index (χ0) is 13.4. The molecule has 0 saturated carbocycles. The Kier molecular flexibility index (Phi) is 3.12. The molecule has 2 rings (SSSR count). The van der Waals surface area contributed by atoms with Gasteiger partial charge in [-0.05, 0) is 28.1 Å². The van der Waals surface area contributed by atoms with Crippen molar-refractivity contribution in [3.05, 3.63) is 39.8 Å². The number of nitrogens with zero attached hydrogens (tertiary/aromatic N) is 1. The molecule has 0 aliphatic rings. The van der Waals surface area contributed by atoms with Crippen molar-refractivity contribution in [1.29, 1.82) is 0 Å². The number of hydrogen-bond donors (Lipinski definition) is 2. The van der Waals surface area contributed by atoms with Gasteiger partial charge in [-0.15, -0.1) is 0 Å². The van der Waals surface area contributed by atoms with Crippen LogP contribution in [-0.4, -0.2) is 21.3 Å². The first-order valence-corrected chi connectivity index (χ1v) is 5.33. The fraction of sp³-hybridized carbons (Fsp3) is 0. The summed E-state index contributed by atoms with van der Waals surface area (Å²) in [4.78, 5) is 10.6. The van der Waals surface area contributed by atoms with Crippen LogP contribution in [0, 0.1) is 17.5 Å². The summed E-state index contributed by atoms with van der Waals surface area (Å²) in [6, 6.07) is 1.71. The molecular formula is C10H4BrF3N2O2. The Morgan fingerprint density at radius 1 is 1.28 bits per heavy atom. The molecule has 1 aromatic heterocycles. The number of carbonyl (C=O) groups is 1. The number of aromatic amines is 1. The van der Waals surface area contributed by atoms with Crippen molar-refractivity contribution >= 4 is 21.9 Å². The highest BCUT2D eigenvalue weighted by Crippen LogP contribution is 2.30. The van der Waals surface area contributed by atoms with E-state index in [1.807, 2.05) is 0 Å². The molecule has 0 spiro atoms. The lowest BCUT2D eigenvalue weighted by molar-refractivity contribution is 0.0690. The molecule has 0 atom stereocenters. The average molecular weight is 321 g/mol. The van der Waals surface area contributed by atoms with Gasteiger partial charge < -0.3 is 5.11 Å². The molecule has 2 aromatic rings. The van der Waals surface area contributed by atoms with Gasteiger partial charge in [0.05, 0.1) is 10.2 Å². The summed E-state index contributed by atoms with van der Waals surface area (Å²) in [5.74, 6) is -5.03. The van der Waals surface area contributed by atoms with E-state index in [1.54, 1.807) is 0 Å². The zero-order valence-electron chi connectivity index (χ0n) is 8.47. The number of aromatic carboxylic acids is 1. The molecule has 18 heavy (non-hydrogen) atoms. The molecule has 2 N–H and O–H groups in total. The number of nitrogens with one attached hydrogen (secondary N) is 1. The van der Waals surface area contributed by atoms with Crippen LogP contribution >= 0.6 is 15.9 Å². The zero-order valence-corrected chi connectivity index (χ0v) is 10.1. The second-order valence-corrected chi connectivity index (χ2v) is 4.11. The van der Waals surface area contributed by atoms with Crippen molar-refractivity contribution in [2.75, 3.05) is 0 Å². The topological polar surface area (TPSA) is 66.0 Å². The van der Waals surface area contributed by atoms with Gasteiger partial charge in [-0.2, -0.15) is 5.10 Å². The van der Waals surface area contributed by atoms with Crippen molar-refractivity contribution in [1.82, 2.24) is 10.2 Å². The highest BCUT2D eigenvalue weighted by Gasteiger charge is 2.20. The number of aromatic nitrogens is 2. The number of carboxylic acid groups (broad SMARTS) is 1. The minimum absolute atomic E-state index is 0.199. The molecule has 8 heteroatoms. The summed E-state index contributed by atoms with van der Waals surface area (Å²) in [7, 11) is 0. The van der Waals surface area contributed by atoms with Crippen LogP contribution in [0.3, 0.4) is 0 Å². The highest BCUT2D eigenvalue weighted by atomic mass is 79.9. The largest absolute Gasteiger partial charge is 0.477 e. The predicted molar refractivity (Wildman–Crippen MR) is 58.6 cm³/mol. The molecule has 4 nitrogen and oxygen atoms in total. The van der Waals surface area contributed by atoms with Crippen molar-refractivity contribution < 1.29 is 23.1 Å². The SMILES string of the molecule is O=C(O)c1cc(-c2cc(F)c(Br)c(F)c2F)n[nH]1. The van der Waals surface area contributed by atoms with Crippen LogP contribution in [0.1, 0.15) is 10.5 Å². The Bertz CT molecular complexity index is 642. The van der Waals surface area contributed by atoms with E-state index in [4.69, 9.17) is 5.11 Å².